The maximum atomic E-state index is 12.2. The maximum absolute atomic E-state index is 12.2. The van der Waals surface area contributed by atoms with Gasteiger partial charge < -0.3 is 14.7 Å². The Hall–Kier alpha value is -1.07. The molecule has 1 aromatic rings. The second-order valence-corrected chi connectivity index (χ2v) is 1.86. The Bertz CT molecular complexity index is 224. The molecule has 0 amide bonds. The van der Waals surface area contributed by atoms with Gasteiger partial charge in [-0.1, -0.05) is 0 Å². The molecule has 58 valence electrons. The molecule has 0 aliphatic carbocycles. The quantitative estimate of drug-likeness (QED) is 0.508. The minimum Gasteiger partial charge on any atom is -0.860 e. The van der Waals surface area contributed by atoms with Gasteiger partial charge in [-0.3, -0.25) is 0 Å². The summed E-state index contributed by atoms with van der Waals surface area (Å²) in [7, 11) is -2.36. The summed E-state index contributed by atoms with van der Waals surface area (Å²) in [6.45, 7) is 0. The lowest BCUT2D eigenvalue weighted by Crippen LogP contribution is -2.50. The number of hydrogen-bond acceptors (Lipinski definition) is 3. The highest BCUT2D eigenvalue weighted by Gasteiger charge is 1.90. The molecule has 0 N–H and O–H groups in total. The zero-order valence-electron chi connectivity index (χ0n) is 5.49. The Labute approximate surface area is 63.2 Å². The predicted octanol–water partition coefficient (Wildman–Crippen LogP) is -1.09. The van der Waals surface area contributed by atoms with E-state index in [1.54, 1.807) is 0 Å². The van der Waals surface area contributed by atoms with Gasteiger partial charge in [-0.05, 0) is 24.3 Å². The Kier molecular flexibility index (Phi) is 2.46. The summed E-state index contributed by atoms with van der Waals surface area (Å²) < 4.78 is 16.4. The highest BCUT2D eigenvalue weighted by molar-refractivity contribution is 6.29. The second kappa shape index (κ2) is 3.36. The zero-order valence-corrected chi connectivity index (χ0v) is 5.49. The molecule has 0 aliphatic heterocycles. The summed E-state index contributed by atoms with van der Waals surface area (Å²) in [4.78, 5) is 0. The Morgan fingerprint density at radius 2 is 1.73 bits per heavy atom. The van der Waals surface area contributed by atoms with E-state index in [9.17, 15) is 14.4 Å². The molecular weight excluding hydrogens is 150 g/mol. The van der Waals surface area contributed by atoms with E-state index >= 15 is 0 Å². The average molecular weight is 154 g/mol. The van der Waals surface area contributed by atoms with E-state index in [0.29, 0.717) is 0 Å². The van der Waals surface area contributed by atoms with Crippen molar-refractivity contribution in [3.63, 3.8) is 0 Å². The third kappa shape index (κ3) is 2.57. The van der Waals surface area contributed by atoms with Crippen molar-refractivity contribution in [1.82, 2.24) is 0 Å². The third-order valence-corrected chi connectivity index (χ3v) is 1.05. The molecule has 1 aromatic carbocycles. The van der Waals surface area contributed by atoms with Crippen LogP contribution in [0.5, 0.6) is 5.75 Å². The first-order valence-electron chi connectivity index (χ1n) is 2.92. The van der Waals surface area contributed by atoms with Crippen LogP contribution < -0.4 is 14.7 Å². The molecule has 0 radical (unpaired) electrons. The smallest absolute Gasteiger partial charge is 0.133 e. The lowest BCUT2D eigenvalue weighted by Gasteiger charge is -2.26. The highest BCUT2D eigenvalue weighted by atomic mass is 19.1. The van der Waals surface area contributed by atoms with E-state index in [2.05, 4.69) is 4.65 Å². The molecule has 11 heavy (non-hydrogen) atoms. The summed E-state index contributed by atoms with van der Waals surface area (Å²) in [5.74, 6) is -0.355. The van der Waals surface area contributed by atoms with Crippen LogP contribution >= 0.6 is 0 Å². The Morgan fingerprint density at radius 3 is 2.18 bits per heavy atom. The van der Waals surface area contributed by atoms with Crippen LogP contribution in [0.2, 0.25) is 0 Å². The van der Waals surface area contributed by atoms with Crippen LogP contribution in [0.4, 0.5) is 4.39 Å². The fourth-order valence-electron chi connectivity index (χ4n) is 0.624. The largest absolute Gasteiger partial charge is 0.860 e. The molecule has 0 aromatic heterocycles. The molecule has 0 spiro atoms. The van der Waals surface area contributed by atoms with Crippen molar-refractivity contribution in [2.24, 2.45) is 0 Å². The summed E-state index contributed by atoms with van der Waals surface area (Å²) in [5.41, 5.74) is 0. The van der Waals surface area contributed by atoms with Gasteiger partial charge >= 0.3 is 0 Å². The topological polar surface area (TPSA) is 55.3 Å². The van der Waals surface area contributed by atoms with Gasteiger partial charge in [0.25, 0.3) is 0 Å². The van der Waals surface area contributed by atoms with Crippen LogP contribution in [-0.4, -0.2) is 7.32 Å². The minimum atomic E-state index is -2.36. The van der Waals surface area contributed by atoms with Crippen LogP contribution in [0.1, 0.15) is 0 Å². The van der Waals surface area contributed by atoms with E-state index in [1.165, 1.54) is 12.1 Å². The zero-order chi connectivity index (χ0) is 8.27. The maximum Gasteiger partial charge on any atom is 0.133 e. The fraction of sp³-hybridized carbons (Fsp3) is 0. The van der Waals surface area contributed by atoms with Crippen molar-refractivity contribution < 1.29 is 19.1 Å². The van der Waals surface area contributed by atoms with Crippen LogP contribution in [0.3, 0.4) is 0 Å². The van der Waals surface area contributed by atoms with Crippen molar-refractivity contribution in [3.05, 3.63) is 30.1 Å². The van der Waals surface area contributed by atoms with E-state index < -0.39 is 13.1 Å². The van der Waals surface area contributed by atoms with Crippen molar-refractivity contribution in [3.8, 4) is 5.75 Å². The van der Waals surface area contributed by atoms with E-state index in [-0.39, 0.29) is 5.75 Å². The van der Waals surface area contributed by atoms with Gasteiger partial charge in [0, 0.05) is 0 Å². The molecule has 0 fully saturated rings. The fourth-order valence-corrected chi connectivity index (χ4v) is 0.624. The standard InChI is InChI=1S/C6H4BFO3/c8-5-1-3-6(4-2-5)11-7(9)10/h1-4H/q-2. The van der Waals surface area contributed by atoms with Crippen molar-refractivity contribution in [1.29, 1.82) is 0 Å². The number of halogens is 1. The molecule has 0 heterocycles. The third-order valence-electron chi connectivity index (χ3n) is 1.05. The lowest BCUT2D eigenvalue weighted by atomic mass is 10.2. The normalized spacial score (nSPS) is 9.36. The first-order valence-corrected chi connectivity index (χ1v) is 2.92. The van der Waals surface area contributed by atoms with Crippen molar-refractivity contribution in [2.45, 2.75) is 0 Å². The molecule has 0 atom stereocenters. The Morgan fingerprint density at radius 1 is 1.18 bits per heavy atom. The van der Waals surface area contributed by atoms with Gasteiger partial charge in [-0.15, -0.1) is 0 Å². The number of rotatable bonds is 2. The molecule has 0 unspecified atom stereocenters. The predicted molar refractivity (Wildman–Crippen MR) is 32.8 cm³/mol. The monoisotopic (exact) mass is 154 g/mol. The van der Waals surface area contributed by atoms with Crippen LogP contribution in [0.15, 0.2) is 24.3 Å². The molecular formula is C6H4BFO3-2. The van der Waals surface area contributed by atoms with Crippen LogP contribution in [0, 0.1) is 5.82 Å². The number of benzene rings is 1. The average Bonchev–Trinajstić information content (AvgIpc) is 1.93. The van der Waals surface area contributed by atoms with Gasteiger partial charge in [0.15, 0.2) is 0 Å². The van der Waals surface area contributed by atoms with Crippen LogP contribution in [-0.2, 0) is 0 Å². The first-order chi connectivity index (χ1) is 5.18. The molecule has 1 rings (SSSR count). The van der Waals surface area contributed by atoms with Crippen LogP contribution in [0.25, 0.3) is 0 Å². The summed E-state index contributed by atoms with van der Waals surface area (Å²) in [5, 5.41) is 19.8. The second-order valence-electron chi connectivity index (χ2n) is 1.86. The van der Waals surface area contributed by atoms with Gasteiger partial charge in [0.2, 0.25) is 0 Å². The lowest BCUT2D eigenvalue weighted by molar-refractivity contribution is -0.372. The molecule has 0 bridgehead atoms. The first kappa shape index (κ1) is 8.04. The molecule has 3 nitrogen and oxygen atoms in total. The van der Waals surface area contributed by atoms with E-state index in [1.807, 2.05) is 0 Å². The summed E-state index contributed by atoms with van der Waals surface area (Å²) in [6.07, 6.45) is 0. The van der Waals surface area contributed by atoms with Gasteiger partial charge in [0.1, 0.15) is 13.1 Å². The minimum absolute atomic E-state index is 0.0846. The van der Waals surface area contributed by atoms with Crippen molar-refractivity contribution in [2.75, 3.05) is 0 Å². The highest BCUT2D eigenvalue weighted by Crippen LogP contribution is 2.09. The van der Waals surface area contributed by atoms with Gasteiger partial charge in [0.05, 0.1) is 5.75 Å². The molecule has 0 saturated carbocycles. The molecule has 0 aliphatic rings. The van der Waals surface area contributed by atoms with E-state index in [0.717, 1.165) is 12.1 Å². The van der Waals surface area contributed by atoms with Crippen molar-refractivity contribution >= 4 is 7.32 Å². The Balaban J connectivity index is 2.66. The van der Waals surface area contributed by atoms with Gasteiger partial charge in [-0.2, -0.15) is 0 Å². The molecule has 5 heteroatoms. The SMILES string of the molecule is [O-]B([O-])Oc1ccc(F)cc1. The van der Waals surface area contributed by atoms with Gasteiger partial charge in [-0.25, -0.2) is 4.39 Å². The number of hydrogen-bond donors (Lipinski definition) is 0. The summed E-state index contributed by atoms with van der Waals surface area (Å²) >= 11 is 0. The molecule has 0 saturated heterocycles. The summed E-state index contributed by atoms with van der Waals surface area (Å²) in [6, 6.07) is 4.66. The van der Waals surface area contributed by atoms with E-state index in [4.69, 9.17) is 0 Å².